The number of pyridine rings is 1. The van der Waals surface area contributed by atoms with Crippen molar-refractivity contribution in [3.63, 3.8) is 0 Å². The summed E-state index contributed by atoms with van der Waals surface area (Å²) in [7, 11) is 0. The Morgan fingerprint density at radius 2 is 1.65 bits per heavy atom. The Balaban J connectivity index is 1.42. The first kappa shape index (κ1) is 21.6. The Bertz CT molecular complexity index is 1020. The van der Waals surface area contributed by atoms with E-state index in [4.69, 9.17) is 4.74 Å². The van der Waals surface area contributed by atoms with Crippen molar-refractivity contribution in [2.45, 2.75) is 32.8 Å². The zero-order valence-corrected chi connectivity index (χ0v) is 18.5. The number of H-pyrrole nitrogens is 1. The van der Waals surface area contributed by atoms with Gasteiger partial charge in [-0.15, -0.1) is 0 Å². The molecule has 1 fully saturated rings. The van der Waals surface area contributed by atoms with Crippen molar-refractivity contribution < 1.29 is 4.74 Å². The van der Waals surface area contributed by atoms with Crippen molar-refractivity contribution in [1.29, 1.82) is 0 Å². The van der Waals surface area contributed by atoms with Gasteiger partial charge in [0.25, 0.3) is 0 Å². The second-order valence-electron chi connectivity index (χ2n) is 8.40. The lowest BCUT2D eigenvalue weighted by atomic mass is 10.0. The van der Waals surface area contributed by atoms with Crippen LogP contribution in [-0.2, 0) is 13.0 Å². The maximum absolute atomic E-state index is 12.0. The summed E-state index contributed by atoms with van der Waals surface area (Å²) in [5.74, 6) is 0.727. The second-order valence-corrected chi connectivity index (χ2v) is 8.40. The topological polar surface area (TPSA) is 48.6 Å². The summed E-state index contributed by atoms with van der Waals surface area (Å²) in [5.41, 5.74) is 3.06. The van der Waals surface area contributed by atoms with E-state index in [0.717, 1.165) is 48.3 Å². The molecule has 0 amide bonds. The predicted molar refractivity (Wildman–Crippen MR) is 127 cm³/mol. The van der Waals surface area contributed by atoms with Gasteiger partial charge >= 0.3 is 0 Å². The molecule has 1 N–H and O–H groups in total. The maximum Gasteiger partial charge on any atom is 0.248 e. The molecule has 0 aliphatic carbocycles. The van der Waals surface area contributed by atoms with Crippen LogP contribution in [0, 0.1) is 0 Å². The van der Waals surface area contributed by atoms with Crippen LogP contribution < -0.4 is 10.3 Å². The van der Waals surface area contributed by atoms with Gasteiger partial charge in [-0.25, -0.2) is 0 Å². The minimum Gasteiger partial charge on any atom is -0.487 e. The van der Waals surface area contributed by atoms with Gasteiger partial charge in [0.2, 0.25) is 5.56 Å². The number of aromatic nitrogens is 1. The smallest absolute Gasteiger partial charge is 0.248 e. The fraction of sp³-hybridized carbons (Fsp3) is 0.423. The number of nitrogens with one attached hydrogen (secondary N) is 1. The first-order valence-corrected chi connectivity index (χ1v) is 11.5. The first-order valence-electron chi connectivity index (χ1n) is 11.5. The molecule has 0 radical (unpaired) electrons. The molecule has 164 valence electrons. The molecule has 5 nitrogen and oxygen atoms in total. The molecule has 5 heteroatoms. The van der Waals surface area contributed by atoms with Gasteiger partial charge in [-0.2, -0.15) is 0 Å². The number of rotatable bonds is 9. The SMILES string of the molecule is CCCCN1CCN(CCc2ccc(OCc3ccccc3)c3[nH]c(=O)ccc23)CC1. The second kappa shape index (κ2) is 10.6. The highest BCUT2D eigenvalue weighted by Gasteiger charge is 2.17. The summed E-state index contributed by atoms with van der Waals surface area (Å²) in [6, 6.07) is 17.8. The Kier molecular flexibility index (Phi) is 7.39. The zero-order valence-electron chi connectivity index (χ0n) is 18.5. The van der Waals surface area contributed by atoms with Gasteiger partial charge in [0.05, 0.1) is 5.52 Å². The number of aromatic amines is 1. The summed E-state index contributed by atoms with van der Waals surface area (Å²) in [4.78, 5) is 20.1. The molecule has 2 heterocycles. The van der Waals surface area contributed by atoms with Crippen molar-refractivity contribution in [2.75, 3.05) is 39.3 Å². The Morgan fingerprint density at radius 3 is 2.39 bits per heavy atom. The Morgan fingerprint density at radius 1 is 0.903 bits per heavy atom. The quantitative estimate of drug-likeness (QED) is 0.568. The highest BCUT2D eigenvalue weighted by atomic mass is 16.5. The van der Waals surface area contributed by atoms with Gasteiger partial charge < -0.3 is 19.5 Å². The third kappa shape index (κ3) is 5.75. The number of unbranched alkanes of at least 4 members (excludes halogenated alkanes) is 1. The van der Waals surface area contributed by atoms with Gasteiger partial charge in [-0.3, -0.25) is 4.79 Å². The molecule has 3 aromatic rings. The number of benzene rings is 2. The van der Waals surface area contributed by atoms with Crippen LogP contribution in [0.1, 0.15) is 30.9 Å². The van der Waals surface area contributed by atoms with Gasteiger partial charge in [-0.1, -0.05) is 49.7 Å². The number of hydrogen-bond donors (Lipinski definition) is 1. The van der Waals surface area contributed by atoms with Crippen molar-refractivity contribution in [1.82, 2.24) is 14.8 Å². The average Bonchev–Trinajstić information content (AvgIpc) is 2.81. The van der Waals surface area contributed by atoms with E-state index in [1.165, 1.54) is 38.0 Å². The Labute approximate surface area is 184 Å². The lowest BCUT2D eigenvalue weighted by molar-refractivity contribution is 0.132. The third-order valence-electron chi connectivity index (χ3n) is 6.17. The summed E-state index contributed by atoms with van der Waals surface area (Å²) in [5, 5.41) is 1.08. The molecule has 1 saturated heterocycles. The van der Waals surface area contributed by atoms with Crippen LogP contribution in [0.4, 0.5) is 0 Å². The molecule has 0 unspecified atom stereocenters. The monoisotopic (exact) mass is 419 g/mol. The van der Waals surface area contributed by atoms with E-state index in [1.807, 2.05) is 42.5 Å². The third-order valence-corrected chi connectivity index (χ3v) is 6.17. The molecule has 1 aromatic heterocycles. The van der Waals surface area contributed by atoms with Gasteiger partial charge in [0, 0.05) is 44.2 Å². The lowest BCUT2D eigenvalue weighted by Gasteiger charge is -2.34. The minimum absolute atomic E-state index is 0.0996. The van der Waals surface area contributed by atoms with E-state index in [1.54, 1.807) is 6.07 Å². The molecule has 0 saturated carbocycles. The Hall–Kier alpha value is -2.63. The maximum atomic E-state index is 12.0. The number of hydrogen-bond acceptors (Lipinski definition) is 4. The highest BCUT2D eigenvalue weighted by molar-refractivity contribution is 5.87. The van der Waals surface area contributed by atoms with Crippen LogP contribution in [0.15, 0.2) is 59.4 Å². The largest absolute Gasteiger partial charge is 0.487 e. The van der Waals surface area contributed by atoms with Crippen LogP contribution in [0.3, 0.4) is 0 Å². The van der Waals surface area contributed by atoms with E-state index in [0.29, 0.717) is 6.61 Å². The zero-order chi connectivity index (χ0) is 21.5. The molecule has 1 aliphatic heterocycles. The van der Waals surface area contributed by atoms with Gasteiger partial charge in [-0.05, 0) is 42.6 Å². The molecular weight excluding hydrogens is 386 g/mol. The van der Waals surface area contributed by atoms with E-state index < -0.39 is 0 Å². The fourth-order valence-electron chi connectivity index (χ4n) is 4.26. The first-order chi connectivity index (χ1) is 15.2. The van der Waals surface area contributed by atoms with Crippen molar-refractivity contribution >= 4 is 10.9 Å². The summed E-state index contributed by atoms with van der Waals surface area (Å²) < 4.78 is 6.07. The molecule has 1 aliphatic rings. The summed E-state index contributed by atoms with van der Waals surface area (Å²) in [6.45, 7) is 9.61. The van der Waals surface area contributed by atoms with Gasteiger partial charge in [0.1, 0.15) is 12.4 Å². The van der Waals surface area contributed by atoms with Crippen molar-refractivity contribution in [3.05, 3.63) is 76.1 Å². The molecule has 0 spiro atoms. The summed E-state index contributed by atoms with van der Waals surface area (Å²) >= 11 is 0. The molecule has 2 aromatic carbocycles. The van der Waals surface area contributed by atoms with Gasteiger partial charge in [0.15, 0.2) is 0 Å². The van der Waals surface area contributed by atoms with Crippen molar-refractivity contribution in [3.8, 4) is 5.75 Å². The minimum atomic E-state index is -0.0996. The summed E-state index contributed by atoms with van der Waals surface area (Å²) in [6.07, 6.45) is 3.53. The van der Waals surface area contributed by atoms with E-state index in [-0.39, 0.29) is 5.56 Å². The lowest BCUT2D eigenvalue weighted by Crippen LogP contribution is -2.47. The molecule has 31 heavy (non-hydrogen) atoms. The van der Waals surface area contributed by atoms with Crippen LogP contribution in [0.2, 0.25) is 0 Å². The molecular formula is C26H33N3O2. The van der Waals surface area contributed by atoms with Crippen LogP contribution >= 0.6 is 0 Å². The van der Waals surface area contributed by atoms with E-state index >= 15 is 0 Å². The molecule has 4 rings (SSSR count). The molecule has 0 atom stereocenters. The van der Waals surface area contributed by atoms with E-state index in [9.17, 15) is 4.79 Å². The molecule has 0 bridgehead atoms. The highest BCUT2D eigenvalue weighted by Crippen LogP contribution is 2.27. The van der Waals surface area contributed by atoms with Crippen LogP contribution in [0.5, 0.6) is 5.75 Å². The normalized spacial score (nSPS) is 15.4. The van der Waals surface area contributed by atoms with Crippen LogP contribution in [-0.4, -0.2) is 54.1 Å². The number of ether oxygens (including phenoxy) is 1. The number of nitrogens with zero attached hydrogens (tertiary/aromatic N) is 2. The number of piperazine rings is 1. The van der Waals surface area contributed by atoms with Crippen LogP contribution in [0.25, 0.3) is 10.9 Å². The average molecular weight is 420 g/mol. The van der Waals surface area contributed by atoms with Crippen molar-refractivity contribution in [2.24, 2.45) is 0 Å². The predicted octanol–water partition coefficient (Wildman–Crippen LogP) is 4.07. The van der Waals surface area contributed by atoms with E-state index in [2.05, 4.69) is 27.8 Å². The number of fused-ring (bicyclic) bond motifs is 1. The standard InChI is InChI=1S/C26H33N3O2/c1-2-3-14-28-16-18-29(19-17-28)15-13-22-9-11-24(26-23(22)10-12-25(30)27-26)31-20-21-7-5-4-6-8-21/h4-12H,2-3,13-20H2,1H3,(H,27,30). The fourth-order valence-corrected chi connectivity index (χ4v) is 4.26.